The van der Waals surface area contributed by atoms with E-state index in [1.807, 2.05) is 10.8 Å². The minimum Gasteiger partial charge on any atom is -0.465 e. The SMILES string of the molecule is COC(=O)c1cc(F)cc(-c2cscc2Br)c1. The lowest BCUT2D eigenvalue weighted by Crippen LogP contribution is -2.01. The van der Waals surface area contributed by atoms with Crippen LogP contribution in [0.15, 0.2) is 33.4 Å². The van der Waals surface area contributed by atoms with Crippen molar-refractivity contribution in [1.82, 2.24) is 0 Å². The molecule has 17 heavy (non-hydrogen) atoms. The van der Waals surface area contributed by atoms with Crippen LogP contribution in [0, 0.1) is 5.82 Å². The van der Waals surface area contributed by atoms with E-state index in [1.165, 1.54) is 24.5 Å². The highest BCUT2D eigenvalue weighted by Gasteiger charge is 2.12. The number of esters is 1. The monoisotopic (exact) mass is 314 g/mol. The summed E-state index contributed by atoms with van der Waals surface area (Å²) in [6, 6.07) is 4.16. The van der Waals surface area contributed by atoms with Crippen LogP contribution in [0.5, 0.6) is 0 Å². The van der Waals surface area contributed by atoms with Crippen LogP contribution >= 0.6 is 27.3 Å². The lowest BCUT2D eigenvalue weighted by molar-refractivity contribution is 0.0600. The van der Waals surface area contributed by atoms with E-state index in [4.69, 9.17) is 0 Å². The molecule has 0 N–H and O–H groups in total. The Hall–Kier alpha value is -1.20. The summed E-state index contributed by atoms with van der Waals surface area (Å²) in [5.74, 6) is -1.00. The third-order valence-electron chi connectivity index (χ3n) is 2.24. The minimum atomic E-state index is -0.544. The Bertz CT molecular complexity index is 565. The molecule has 0 atom stereocenters. The second-order valence-corrected chi connectivity index (χ2v) is 4.95. The van der Waals surface area contributed by atoms with Crippen LogP contribution in [0.3, 0.4) is 0 Å². The Morgan fingerprint density at radius 2 is 2.12 bits per heavy atom. The van der Waals surface area contributed by atoms with E-state index in [1.54, 1.807) is 6.07 Å². The van der Waals surface area contributed by atoms with Crippen molar-refractivity contribution in [3.63, 3.8) is 0 Å². The standard InChI is InChI=1S/C12H8BrFO2S/c1-16-12(15)8-2-7(3-9(14)4-8)10-5-17-6-11(10)13/h2-6H,1H3. The Kier molecular flexibility index (Phi) is 3.59. The highest BCUT2D eigenvalue weighted by Crippen LogP contribution is 2.32. The van der Waals surface area contributed by atoms with Crippen LogP contribution < -0.4 is 0 Å². The van der Waals surface area contributed by atoms with Gasteiger partial charge in [-0.2, -0.15) is 11.3 Å². The number of halogens is 2. The fourth-order valence-electron chi connectivity index (χ4n) is 1.47. The van der Waals surface area contributed by atoms with Crippen molar-refractivity contribution in [2.45, 2.75) is 0 Å². The van der Waals surface area contributed by atoms with E-state index in [9.17, 15) is 9.18 Å². The minimum absolute atomic E-state index is 0.209. The molecule has 0 spiro atoms. The fourth-order valence-corrected chi connectivity index (χ4v) is 3.00. The molecule has 1 heterocycles. The highest BCUT2D eigenvalue weighted by molar-refractivity contribution is 9.10. The molecule has 0 aliphatic rings. The molecule has 2 aromatic rings. The maximum absolute atomic E-state index is 13.4. The van der Waals surface area contributed by atoms with E-state index in [0.717, 1.165) is 16.1 Å². The fraction of sp³-hybridized carbons (Fsp3) is 0.0833. The van der Waals surface area contributed by atoms with Gasteiger partial charge in [-0.1, -0.05) is 0 Å². The summed E-state index contributed by atoms with van der Waals surface area (Å²) in [7, 11) is 1.27. The predicted molar refractivity (Wildman–Crippen MR) is 68.8 cm³/mol. The van der Waals surface area contributed by atoms with Crippen molar-refractivity contribution in [3.05, 3.63) is 44.8 Å². The molecule has 0 aliphatic heterocycles. The lowest BCUT2D eigenvalue weighted by atomic mass is 10.1. The summed E-state index contributed by atoms with van der Waals surface area (Å²) >= 11 is 4.88. The van der Waals surface area contributed by atoms with Gasteiger partial charge in [0.05, 0.1) is 12.7 Å². The van der Waals surface area contributed by atoms with E-state index in [2.05, 4.69) is 20.7 Å². The van der Waals surface area contributed by atoms with Gasteiger partial charge in [0, 0.05) is 15.4 Å². The first kappa shape index (κ1) is 12.3. The van der Waals surface area contributed by atoms with Crippen LogP contribution in [-0.2, 0) is 4.74 Å². The van der Waals surface area contributed by atoms with Crippen LogP contribution in [0.25, 0.3) is 11.1 Å². The number of carbonyl (C=O) groups excluding carboxylic acids is 1. The zero-order valence-electron chi connectivity index (χ0n) is 8.87. The molecule has 0 saturated heterocycles. The first-order chi connectivity index (χ1) is 8.11. The van der Waals surface area contributed by atoms with E-state index >= 15 is 0 Å². The third-order valence-corrected chi connectivity index (χ3v) is 3.95. The number of rotatable bonds is 2. The van der Waals surface area contributed by atoms with Crippen LogP contribution in [0.2, 0.25) is 0 Å². The van der Waals surface area contributed by atoms with Crippen molar-refractivity contribution >= 4 is 33.2 Å². The molecule has 0 fully saturated rings. The van der Waals surface area contributed by atoms with Gasteiger partial charge >= 0.3 is 5.97 Å². The van der Waals surface area contributed by atoms with Gasteiger partial charge in [-0.15, -0.1) is 0 Å². The second kappa shape index (κ2) is 4.98. The first-order valence-electron chi connectivity index (χ1n) is 4.73. The summed E-state index contributed by atoms with van der Waals surface area (Å²) in [5.41, 5.74) is 1.72. The molecule has 2 nitrogen and oxygen atoms in total. The number of benzene rings is 1. The quantitative estimate of drug-likeness (QED) is 0.780. The number of hydrogen-bond donors (Lipinski definition) is 0. The molecule has 88 valence electrons. The Morgan fingerprint density at radius 3 is 2.71 bits per heavy atom. The van der Waals surface area contributed by atoms with Gasteiger partial charge in [0.15, 0.2) is 0 Å². The summed E-state index contributed by atoms with van der Waals surface area (Å²) in [6.45, 7) is 0. The Morgan fingerprint density at radius 1 is 1.35 bits per heavy atom. The van der Waals surface area contributed by atoms with Gasteiger partial charge in [0.1, 0.15) is 5.82 Å². The van der Waals surface area contributed by atoms with Gasteiger partial charge in [0.2, 0.25) is 0 Å². The van der Waals surface area contributed by atoms with Gasteiger partial charge in [-0.3, -0.25) is 0 Å². The molecule has 5 heteroatoms. The smallest absolute Gasteiger partial charge is 0.337 e. The third kappa shape index (κ3) is 2.56. The number of ether oxygens (including phenoxy) is 1. The van der Waals surface area contributed by atoms with E-state index in [-0.39, 0.29) is 5.56 Å². The molecule has 1 aromatic carbocycles. The van der Waals surface area contributed by atoms with E-state index in [0.29, 0.717) is 5.56 Å². The van der Waals surface area contributed by atoms with Crippen LogP contribution in [-0.4, -0.2) is 13.1 Å². The number of thiophene rings is 1. The Labute approximate surface area is 110 Å². The van der Waals surface area contributed by atoms with Gasteiger partial charge in [-0.25, -0.2) is 9.18 Å². The molecule has 0 radical (unpaired) electrons. The topological polar surface area (TPSA) is 26.3 Å². The van der Waals surface area contributed by atoms with Crippen molar-refractivity contribution in [2.24, 2.45) is 0 Å². The van der Waals surface area contributed by atoms with Crippen LogP contribution in [0.4, 0.5) is 4.39 Å². The molecular weight excluding hydrogens is 307 g/mol. The van der Waals surface area contributed by atoms with Crippen LogP contribution in [0.1, 0.15) is 10.4 Å². The molecule has 1 aromatic heterocycles. The normalized spacial score (nSPS) is 10.3. The van der Waals surface area contributed by atoms with Crippen molar-refractivity contribution in [1.29, 1.82) is 0 Å². The maximum Gasteiger partial charge on any atom is 0.337 e. The first-order valence-corrected chi connectivity index (χ1v) is 6.46. The summed E-state index contributed by atoms with van der Waals surface area (Å²) in [5, 5.41) is 3.79. The van der Waals surface area contributed by atoms with Crippen molar-refractivity contribution < 1.29 is 13.9 Å². The summed E-state index contributed by atoms with van der Waals surface area (Å²) in [6.07, 6.45) is 0. The molecular formula is C12H8BrFO2S. The average Bonchev–Trinajstić information content (AvgIpc) is 2.73. The van der Waals surface area contributed by atoms with Gasteiger partial charge in [0.25, 0.3) is 0 Å². The molecule has 0 unspecified atom stereocenters. The number of methoxy groups -OCH3 is 1. The lowest BCUT2D eigenvalue weighted by Gasteiger charge is -2.04. The maximum atomic E-state index is 13.4. The average molecular weight is 315 g/mol. The molecule has 0 amide bonds. The van der Waals surface area contributed by atoms with E-state index < -0.39 is 11.8 Å². The second-order valence-electron chi connectivity index (χ2n) is 3.35. The summed E-state index contributed by atoms with van der Waals surface area (Å²) in [4.78, 5) is 11.4. The van der Waals surface area contributed by atoms with Crippen molar-refractivity contribution in [3.8, 4) is 11.1 Å². The van der Waals surface area contributed by atoms with Crippen molar-refractivity contribution in [2.75, 3.05) is 7.11 Å². The summed E-state index contributed by atoms with van der Waals surface area (Å²) < 4.78 is 18.9. The number of hydrogen-bond acceptors (Lipinski definition) is 3. The van der Waals surface area contributed by atoms with Gasteiger partial charge < -0.3 is 4.74 Å². The predicted octanol–water partition coefficient (Wildman–Crippen LogP) is 4.10. The zero-order chi connectivity index (χ0) is 12.4. The highest BCUT2D eigenvalue weighted by atomic mass is 79.9. The molecule has 0 bridgehead atoms. The Balaban J connectivity index is 2.53. The largest absolute Gasteiger partial charge is 0.465 e. The molecule has 2 rings (SSSR count). The zero-order valence-corrected chi connectivity index (χ0v) is 11.3. The van der Waals surface area contributed by atoms with Gasteiger partial charge in [-0.05, 0) is 45.1 Å². The molecule has 0 saturated carbocycles. The molecule has 0 aliphatic carbocycles. The number of carbonyl (C=O) groups is 1.